The second kappa shape index (κ2) is 8.88. The molecule has 0 spiro atoms. The van der Waals surface area contributed by atoms with Gasteiger partial charge in [0, 0.05) is 31.4 Å². The lowest BCUT2D eigenvalue weighted by atomic mass is 10.3. The van der Waals surface area contributed by atoms with E-state index in [1.54, 1.807) is 29.1 Å². The maximum absolute atomic E-state index is 12.6. The molecule has 10 nitrogen and oxygen atoms in total. The van der Waals surface area contributed by atoms with Crippen LogP contribution in [0.5, 0.6) is 11.5 Å². The number of rotatable bonds is 9. The molecule has 0 amide bonds. The lowest BCUT2D eigenvalue weighted by Gasteiger charge is -2.12. The van der Waals surface area contributed by atoms with E-state index in [1.807, 2.05) is 13.0 Å². The molecule has 154 valence electrons. The van der Waals surface area contributed by atoms with Gasteiger partial charge in [-0.2, -0.15) is 5.10 Å². The van der Waals surface area contributed by atoms with E-state index in [4.69, 9.17) is 9.47 Å². The number of methoxy groups -OCH3 is 2. The van der Waals surface area contributed by atoms with Gasteiger partial charge in [-0.3, -0.25) is 0 Å². The van der Waals surface area contributed by atoms with Crippen LogP contribution in [0.1, 0.15) is 5.69 Å². The van der Waals surface area contributed by atoms with E-state index < -0.39 is 10.0 Å². The zero-order valence-electron chi connectivity index (χ0n) is 16.3. The van der Waals surface area contributed by atoms with E-state index in [0.29, 0.717) is 23.9 Å². The number of nitrogens with zero attached hydrogens (tertiary/aromatic N) is 4. The van der Waals surface area contributed by atoms with Gasteiger partial charge in [-0.05, 0) is 25.1 Å². The van der Waals surface area contributed by atoms with Crippen LogP contribution in [-0.2, 0) is 10.0 Å². The van der Waals surface area contributed by atoms with Gasteiger partial charge in [-0.1, -0.05) is 0 Å². The second-order valence-corrected chi connectivity index (χ2v) is 7.74. The molecule has 0 bridgehead atoms. The Morgan fingerprint density at radius 1 is 1.07 bits per heavy atom. The Labute approximate surface area is 169 Å². The van der Waals surface area contributed by atoms with E-state index in [-0.39, 0.29) is 17.2 Å². The van der Waals surface area contributed by atoms with Gasteiger partial charge >= 0.3 is 0 Å². The second-order valence-electron chi connectivity index (χ2n) is 6.00. The third-order valence-electron chi connectivity index (χ3n) is 3.99. The average molecular weight is 418 g/mol. The highest BCUT2D eigenvalue weighted by Crippen LogP contribution is 2.27. The molecule has 0 fully saturated rings. The molecule has 2 N–H and O–H groups in total. The summed E-state index contributed by atoms with van der Waals surface area (Å²) < 4.78 is 39.7. The zero-order valence-corrected chi connectivity index (χ0v) is 17.1. The monoisotopic (exact) mass is 418 g/mol. The highest BCUT2D eigenvalue weighted by molar-refractivity contribution is 7.89. The maximum Gasteiger partial charge on any atom is 0.244 e. The maximum atomic E-state index is 12.6. The molecule has 3 aromatic rings. The molecule has 2 heterocycles. The Morgan fingerprint density at radius 2 is 1.90 bits per heavy atom. The smallest absolute Gasteiger partial charge is 0.244 e. The quantitative estimate of drug-likeness (QED) is 0.500. The van der Waals surface area contributed by atoms with E-state index >= 15 is 0 Å². The molecule has 0 aliphatic carbocycles. The third-order valence-corrected chi connectivity index (χ3v) is 5.48. The number of benzene rings is 1. The van der Waals surface area contributed by atoms with Crippen molar-refractivity contribution in [1.82, 2.24) is 24.5 Å². The number of hydrogen-bond acceptors (Lipinski definition) is 8. The first-order valence-corrected chi connectivity index (χ1v) is 10.2. The molecule has 0 aliphatic rings. The SMILES string of the molecule is COc1ccc(OC)c(S(=O)(=O)NCCNc2cc(-n3ccc(C)n3)ncn2)c1. The fourth-order valence-corrected chi connectivity index (χ4v) is 3.77. The summed E-state index contributed by atoms with van der Waals surface area (Å²) in [4.78, 5) is 8.33. The average Bonchev–Trinajstić information content (AvgIpc) is 3.17. The number of hydrogen-bond donors (Lipinski definition) is 2. The predicted octanol–water partition coefficient (Wildman–Crippen LogP) is 1.38. The van der Waals surface area contributed by atoms with Crippen molar-refractivity contribution in [2.45, 2.75) is 11.8 Å². The van der Waals surface area contributed by atoms with Gasteiger partial charge in [0.2, 0.25) is 10.0 Å². The van der Waals surface area contributed by atoms with Crippen LogP contribution in [0, 0.1) is 6.92 Å². The van der Waals surface area contributed by atoms with Crippen molar-refractivity contribution in [2.24, 2.45) is 0 Å². The molecule has 0 radical (unpaired) electrons. The molecule has 1 aromatic carbocycles. The van der Waals surface area contributed by atoms with E-state index in [0.717, 1.165) is 5.69 Å². The van der Waals surface area contributed by atoms with Gasteiger partial charge in [-0.25, -0.2) is 27.8 Å². The Kier molecular flexibility index (Phi) is 6.29. The largest absolute Gasteiger partial charge is 0.497 e. The number of aromatic nitrogens is 4. The number of anilines is 1. The predicted molar refractivity (Wildman–Crippen MR) is 107 cm³/mol. The minimum atomic E-state index is -3.78. The van der Waals surface area contributed by atoms with Crippen LogP contribution in [-0.4, -0.2) is 55.5 Å². The Morgan fingerprint density at radius 3 is 2.59 bits per heavy atom. The van der Waals surface area contributed by atoms with Crippen molar-refractivity contribution < 1.29 is 17.9 Å². The Bertz CT molecular complexity index is 1080. The number of sulfonamides is 1. The summed E-state index contributed by atoms with van der Waals surface area (Å²) in [6.07, 6.45) is 3.22. The summed E-state index contributed by atoms with van der Waals surface area (Å²) in [5.74, 6) is 1.83. The first kappa shape index (κ1) is 20.6. The molecule has 2 aromatic heterocycles. The summed E-state index contributed by atoms with van der Waals surface area (Å²) in [7, 11) is -0.899. The Hall–Kier alpha value is -3.18. The van der Waals surface area contributed by atoms with E-state index in [1.165, 1.54) is 26.6 Å². The van der Waals surface area contributed by atoms with Crippen LogP contribution < -0.4 is 19.5 Å². The molecular formula is C18H22N6O4S. The molecule has 29 heavy (non-hydrogen) atoms. The van der Waals surface area contributed by atoms with Crippen molar-refractivity contribution in [2.75, 3.05) is 32.6 Å². The molecular weight excluding hydrogens is 396 g/mol. The Balaban J connectivity index is 1.62. The highest BCUT2D eigenvalue weighted by Gasteiger charge is 2.20. The van der Waals surface area contributed by atoms with Gasteiger partial charge in [0.25, 0.3) is 0 Å². The molecule has 0 saturated heterocycles. The van der Waals surface area contributed by atoms with Crippen molar-refractivity contribution in [3.05, 3.63) is 48.5 Å². The number of nitrogens with one attached hydrogen (secondary N) is 2. The summed E-state index contributed by atoms with van der Waals surface area (Å²) in [6, 6.07) is 8.19. The first-order chi connectivity index (χ1) is 13.9. The van der Waals surface area contributed by atoms with E-state index in [9.17, 15) is 8.42 Å². The van der Waals surface area contributed by atoms with Crippen molar-refractivity contribution >= 4 is 15.8 Å². The minimum Gasteiger partial charge on any atom is -0.497 e. The minimum absolute atomic E-state index is 0.0118. The lowest BCUT2D eigenvalue weighted by molar-refractivity contribution is 0.392. The van der Waals surface area contributed by atoms with Crippen LogP contribution in [0.3, 0.4) is 0 Å². The van der Waals surface area contributed by atoms with Gasteiger partial charge in [0.05, 0.1) is 19.9 Å². The van der Waals surface area contributed by atoms with Crippen LogP contribution in [0.4, 0.5) is 5.82 Å². The fraction of sp³-hybridized carbons (Fsp3) is 0.278. The van der Waals surface area contributed by atoms with Crippen molar-refractivity contribution in [1.29, 1.82) is 0 Å². The normalized spacial score (nSPS) is 11.3. The summed E-state index contributed by atoms with van der Waals surface area (Å²) in [5, 5.41) is 7.36. The standard InChI is InChI=1S/C18H22N6O4S/c1-13-6-9-24(23-13)18-11-17(20-12-21-18)19-7-8-22-29(25,26)16-10-14(27-2)4-5-15(16)28-3/h4-6,9-12,22H,7-8H2,1-3H3,(H,19,20,21). The van der Waals surface area contributed by atoms with Crippen LogP contribution in [0.2, 0.25) is 0 Å². The van der Waals surface area contributed by atoms with Crippen LogP contribution in [0.25, 0.3) is 5.82 Å². The topological polar surface area (TPSA) is 120 Å². The zero-order chi connectivity index (χ0) is 20.9. The van der Waals surface area contributed by atoms with Crippen LogP contribution >= 0.6 is 0 Å². The summed E-state index contributed by atoms with van der Waals surface area (Å²) >= 11 is 0. The molecule has 0 unspecified atom stereocenters. The highest BCUT2D eigenvalue weighted by atomic mass is 32.2. The van der Waals surface area contributed by atoms with Gasteiger partial charge in [0.1, 0.15) is 28.5 Å². The van der Waals surface area contributed by atoms with E-state index in [2.05, 4.69) is 25.1 Å². The lowest BCUT2D eigenvalue weighted by Crippen LogP contribution is -2.29. The molecule has 0 atom stereocenters. The number of ether oxygens (including phenoxy) is 2. The first-order valence-electron chi connectivity index (χ1n) is 8.73. The van der Waals surface area contributed by atoms with Crippen molar-refractivity contribution in [3.8, 4) is 17.3 Å². The number of aryl methyl sites for hydroxylation is 1. The van der Waals surface area contributed by atoms with Crippen LogP contribution in [0.15, 0.2) is 47.8 Å². The fourth-order valence-electron chi connectivity index (χ4n) is 2.56. The molecule has 11 heteroatoms. The third kappa shape index (κ3) is 5.00. The molecule has 3 rings (SSSR count). The van der Waals surface area contributed by atoms with Gasteiger partial charge in [0.15, 0.2) is 5.82 Å². The molecule has 0 aliphatic heterocycles. The summed E-state index contributed by atoms with van der Waals surface area (Å²) in [6.45, 7) is 2.35. The van der Waals surface area contributed by atoms with Gasteiger partial charge in [-0.15, -0.1) is 0 Å². The van der Waals surface area contributed by atoms with Crippen molar-refractivity contribution in [3.63, 3.8) is 0 Å². The molecule has 0 saturated carbocycles. The van der Waals surface area contributed by atoms with Gasteiger partial charge < -0.3 is 14.8 Å². The summed E-state index contributed by atoms with van der Waals surface area (Å²) in [5.41, 5.74) is 0.875.